The van der Waals surface area contributed by atoms with Crippen molar-refractivity contribution in [2.45, 2.75) is 63.9 Å². The number of anilines is 1. The second kappa shape index (κ2) is 7.08. The molecular weight excluding hydrogens is 332 g/mol. The molecule has 1 aliphatic carbocycles. The van der Waals surface area contributed by atoms with Crippen LogP contribution in [0.15, 0.2) is 18.2 Å². The number of amides is 1. The first-order chi connectivity index (χ1) is 12.5. The summed E-state index contributed by atoms with van der Waals surface area (Å²) in [5.74, 6) is 1.07. The van der Waals surface area contributed by atoms with Crippen LogP contribution in [0.3, 0.4) is 0 Å². The summed E-state index contributed by atoms with van der Waals surface area (Å²) in [6, 6.07) is 5.68. The molecule has 0 bridgehead atoms. The lowest BCUT2D eigenvalue weighted by Crippen LogP contribution is -3.16. The molecule has 6 nitrogen and oxygen atoms in total. The fourth-order valence-electron chi connectivity index (χ4n) is 4.43. The molecule has 26 heavy (non-hydrogen) atoms. The molecule has 3 aliphatic rings. The Kier molecular flexibility index (Phi) is 4.80. The minimum Gasteiger partial charge on any atom is -0.448 e. The maximum Gasteiger partial charge on any atom is 0.279 e. The topological polar surface area (TPSA) is 61.2 Å². The Balaban J connectivity index is 1.36. The van der Waals surface area contributed by atoms with Crippen molar-refractivity contribution in [1.82, 2.24) is 0 Å². The van der Waals surface area contributed by atoms with Crippen molar-refractivity contribution in [2.24, 2.45) is 0 Å². The molecule has 1 spiro atoms. The largest absolute Gasteiger partial charge is 0.448 e. The average Bonchev–Trinajstić information content (AvgIpc) is 2.91. The number of hydrogen-bond acceptors (Lipinski definition) is 4. The number of morpholine rings is 1. The summed E-state index contributed by atoms with van der Waals surface area (Å²) in [5.41, 5.74) is 0.763. The number of carbonyl (C=O) groups is 1. The van der Waals surface area contributed by atoms with Gasteiger partial charge in [-0.2, -0.15) is 0 Å². The van der Waals surface area contributed by atoms with E-state index in [2.05, 4.69) is 19.2 Å². The number of quaternary nitrogens is 1. The lowest BCUT2D eigenvalue weighted by Gasteiger charge is -2.31. The van der Waals surface area contributed by atoms with Crippen LogP contribution in [0.4, 0.5) is 5.69 Å². The zero-order valence-electron chi connectivity index (χ0n) is 15.7. The summed E-state index contributed by atoms with van der Waals surface area (Å²) in [4.78, 5) is 13.7. The molecule has 1 saturated carbocycles. The first kappa shape index (κ1) is 17.6. The normalized spacial score (nSPS) is 29.5. The molecule has 1 saturated heterocycles. The van der Waals surface area contributed by atoms with Gasteiger partial charge in [0.1, 0.15) is 25.3 Å². The van der Waals surface area contributed by atoms with E-state index >= 15 is 0 Å². The average molecular weight is 361 g/mol. The molecule has 2 N–H and O–H groups in total. The highest BCUT2D eigenvalue weighted by Crippen LogP contribution is 2.46. The molecule has 2 heterocycles. The highest BCUT2D eigenvalue weighted by atomic mass is 16.7. The van der Waals surface area contributed by atoms with Crippen LogP contribution >= 0.6 is 0 Å². The monoisotopic (exact) mass is 361 g/mol. The number of hydrogen-bond donors (Lipinski definition) is 2. The second-order valence-electron chi connectivity index (χ2n) is 7.98. The summed E-state index contributed by atoms with van der Waals surface area (Å²) >= 11 is 0. The van der Waals surface area contributed by atoms with Crippen molar-refractivity contribution < 1.29 is 23.9 Å². The summed E-state index contributed by atoms with van der Waals surface area (Å²) in [7, 11) is 0. The number of benzene rings is 1. The van der Waals surface area contributed by atoms with Crippen LogP contribution < -0.4 is 19.7 Å². The molecule has 4 rings (SSSR count). The van der Waals surface area contributed by atoms with Crippen LogP contribution in [-0.2, 0) is 9.53 Å². The van der Waals surface area contributed by atoms with E-state index in [1.807, 2.05) is 18.2 Å². The van der Waals surface area contributed by atoms with Gasteiger partial charge in [0.05, 0.1) is 0 Å². The number of nitrogens with one attached hydrogen (secondary N) is 2. The third-order valence-electron chi connectivity index (χ3n) is 5.46. The molecule has 1 aromatic carbocycles. The Morgan fingerprint density at radius 2 is 1.81 bits per heavy atom. The van der Waals surface area contributed by atoms with Gasteiger partial charge in [-0.15, -0.1) is 0 Å². The van der Waals surface area contributed by atoms with Crippen LogP contribution in [0.25, 0.3) is 0 Å². The molecule has 0 aromatic heterocycles. The number of fused-ring (bicyclic) bond motifs is 1. The Morgan fingerprint density at radius 1 is 1.12 bits per heavy atom. The van der Waals surface area contributed by atoms with Gasteiger partial charge in [0.2, 0.25) is 0 Å². The molecule has 1 amide bonds. The fraction of sp³-hybridized carbons (Fsp3) is 0.650. The van der Waals surface area contributed by atoms with Crippen molar-refractivity contribution in [2.75, 3.05) is 25.0 Å². The van der Waals surface area contributed by atoms with Crippen LogP contribution in [0.1, 0.15) is 46.0 Å². The van der Waals surface area contributed by atoms with Gasteiger partial charge in [-0.25, -0.2) is 0 Å². The van der Waals surface area contributed by atoms with Crippen molar-refractivity contribution in [1.29, 1.82) is 0 Å². The molecule has 0 unspecified atom stereocenters. The molecule has 2 aliphatic heterocycles. The first-order valence-electron chi connectivity index (χ1n) is 9.82. The Morgan fingerprint density at radius 3 is 2.54 bits per heavy atom. The minimum atomic E-state index is -0.479. The van der Waals surface area contributed by atoms with Crippen molar-refractivity contribution >= 4 is 11.6 Å². The van der Waals surface area contributed by atoms with Crippen LogP contribution in [0.2, 0.25) is 0 Å². The number of ether oxygens (including phenoxy) is 3. The third kappa shape index (κ3) is 3.81. The van der Waals surface area contributed by atoms with Gasteiger partial charge < -0.3 is 24.4 Å². The van der Waals surface area contributed by atoms with E-state index in [0.717, 1.165) is 56.0 Å². The fourth-order valence-corrected chi connectivity index (χ4v) is 4.43. The predicted octanol–water partition coefficient (Wildman–Crippen LogP) is 1.75. The molecule has 6 heteroatoms. The quantitative estimate of drug-likeness (QED) is 0.861. The van der Waals surface area contributed by atoms with Crippen molar-refractivity contribution in [3.63, 3.8) is 0 Å². The van der Waals surface area contributed by atoms with Gasteiger partial charge in [-0.3, -0.25) is 4.79 Å². The summed E-state index contributed by atoms with van der Waals surface area (Å²) in [6.45, 7) is 6.30. The zero-order valence-corrected chi connectivity index (χ0v) is 15.7. The maximum atomic E-state index is 12.4. The smallest absolute Gasteiger partial charge is 0.279 e. The number of carbonyl (C=O) groups excluding carboxylic acids is 1. The van der Waals surface area contributed by atoms with Gasteiger partial charge in [0.25, 0.3) is 11.7 Å². The summed E-state index contributed by atoms with van der Waals surface area (Å²) < 4.78 is 18.0. The van der Waals surface area contributed by atoms with Crippen LogP contribution in [-0.4, -0.2) is 43.5 Å². The van der Waals surface area contributed by atoms with Gasteiger partial charge in [-0.1, -0.05) is 6.42 Å². The molecule has 1 aromatic rings. The summed E-state index contributed by atoms with van der Waals surface area (Å²) in [5, 5.41) is 3.00. The van der Waals surface area contributed by atoms with Crippen molar-refractivity contribution in [3.05, 3.63) is 18.2 Å². The molecule has 2 atom stereocenters. The lowest BCUT2D eigenvalue weighted by atomic mass is 9.94. The Labute approximate surface area is 154 Å². The van der Waals surface area contributed by atoms with Gasteiger partial charge in [0, 0.05) is 24.6 Å². The highest BCUT2D eigenvalue weighted by molar-refractivity contribution is 5.91. The van der Waals surface area contributed by atoms with Gasteiger partial charge in [-0.05, 0) is 38.8 Å². The Bertz CT molecular complexity index is 662. The van der Waals surface area contributed by atoms with Crippen molar-refractivity contribution in [3.8, 4) is 11.5 Å². The first-order valence-corrected chi connectivity index (χ1v) is 9.82. The lowest BCUT2D eigenvalue weighted by molar-refractivity contribution is -0.907. The second-order valence-corrected chi connectivity index (χ2v) is 7.98. The SMILES string of the molecule is C[C@H]1C[NH+](CC(=O)Nc2ccc3c(c2)OC2(CCCCC2)O3)C[C@H](C)O1. The number of rotatable bonds is 3. The van der Waals surface area contributed by atoms with E-state index in [1.165, 1.54) is 11.3 Å². The molecular formula is C20H29N2O4+. The van der Waals surface area contributed by atoms with Crippen LogP contribution in [0, 0.1) is 0 Å². The molecule has 0 radical (unpaired) electrons. The van der Waals surface area contributed by atoms with Crippen LogP contribution in [0.5, 0.6) is 11.5 Å². The van der Waals surface area contributed by atoms with Gasteiger partial charge in [0.15, 0.2) is 18.0 Å². The van der Waals surface area contributed by atoms with E-state index in [-0.39, 0.29) is 18.1 Å². The van der Waals surface area contributed by atoms with E-state index in [1.54, 1.807) is 0 Å². The highest BCUT2D eigenvalue weighted by Gasteiger charge is 2.42. The standard InChI is InChI=1S/C20H28N2O4/c1-14-11-22(12-15(2)24-14)13-19(23)21-16-6-7-17-18(10-16)26-20(25-17)8-4-3-5-9-20/h6-7,10,14-15H,3-5,8-9,11-13H2,1-2H3,(H,21,23)/p+1/t14-,15-/m0/s1. The predicted molar refractivity (Wildman–Crippen MR) is 97.7 cm³/mol. The van der Waals surface area contributed by atoms with E-state index in [4.69, 9.17) is 14.2 Å². The van der Waals surface area contributed by atoms with E-state index in [9.17, 15) is 4.79 Å². The van der Waals surface area contributed by atoms with Gasteiger partial charge >= 0.3 is 0 Å². The molecule has 142 valence electrons. The minimum absolute atomic E-state index is 0.0209. The van der Waals surface area contributed by atoms with E-state index in [0.29, 0.717) is 6.54 Å². The Hall–Kier alpha value is -1.79. The maximum absolute atomic E-state index is 12.4. The molecule has 2 fully saturated rings. The summed E-state index contributed by atoms with van der Waals surface area (Å²) in [6.07, 6.45) is 5.76. The van der Waals surface area contributed by atoms with E-state index < -0.39 is 5.79 Å². The third-order valence-corrected chi connectivity index (χ3v) is 5.46. The zero-order chi connectivity index (χ0) is 18.1.